The lowest BCUT2D eigenvalue weighted by Crippen LogP contribution is -1.97. The maximum absolute atomic E-state index is 13.2. The molecule has 0 aliphatic heterocycles. The second-order valence-corrected chi connectivity index (χ2v) is 5.04. The van der Waals surface area contributed by atoms with Crippen molar-refractivity contribution in [2.75, 3.05) is 0 Å². The molecule has 1 unspecified atom stereocenters. The molecule has 0 saturated carbocycles. The topological polar surface area (TPSA) is 0 Å². The first-order valence-corrected chi connectivity index (χ1v) is 6.55. The van der Waals surface area contributed by atoms with Crippen molar-refractivity contribution >= 4 is 11.6 Å². The summed E-state index contributed by atoms with van der Waals surface area (Å²) >= 11 is 5.43. The van der Waals surface area contributed by atoms with Gasteiger partial charge in [0, 0.05) is 0 Å². The molecule has 1 atom stereocenters. The Bertz CT molecular complexity index is 340. The summed E-state index contributed by atoms with van der Waals surface area (Å²) in [5.74, 6) is -0.645. The van der Waals surface area contributed by atoms with Gasteiger partial charge in [-0.15, -0.1) is 0 Å². The highest BCUT2D eigenvalue weighted by molar-refractivity contribution is 6.30. The molecule has 0 bridgehead atoms. The molecule has 1 aromatic rings. The Morgan fingerprint density at radius 2 is 1.76 bits per heavy atom. The normalized spacial score (nSPS) is 12.8. The summed E-state index contributed by atoms with van der Waals surface area (Å²) in [4.78, 5) is 0. The van der Waals surface area contributed by atoms with Crippen molar-refractivity contribution in [3.05, 3.63) is 34.4 Å². The lowest BCUT2D eigenvalue weighted by atomic mass is 9.97. The summed E-state index contributed by atoms with van der Waals surface area (Å²) in [6.45, 7) is 4.38. The van der Waals surface area contributed by atoms with Gasteiger partial charge in [-0.05, 0) is 36.5 Å². The van der Waals surface area contributed by atoms with E-state index in [1.165, 1.54) is 25.0 Å². The van der Waals surface area contributed by atoms with Gasteiger partial charge in [-0.2, -0.15) is 0 Å². The van der Waals surface area contributed by atoms with E-state index in [1.807, 2.05) is 0 Å². The van der Waals surface area contributed by atoms with Crippen LogP contribution in [0.2, 0.25) is 5.02 Å². The van der Waals surface area contributed by atoms with Crippen molar-refractivity contribution in [1.82, 2.24) is 0 Å². The van der Waals surface area contributed by atoms with Crippen LogP contribution in [0, 0.1) is 17.6 Å². The molecule has 17 heavy (non-hydrogen) atoms. The van der Waals surface area contributed by atoms with Crippen LogP contribution in [0.1, 0.15) is 45.1 Å². The molecule has 0 saturated heterocycles. The molecule has 0 heterocycles. The van der Waals surface area contributed by atoms with Crippen LogP contribution in [0.25, 0.3) is 0 Å². The molecular formula is C14H19ClF2. The van der Waals surface area contributed by atoms with Crippen LogP contribution >= 0.6 is 11.6 Å². The molecular weight excluding hydrogens is 242 g/mol. The van der Waals surface area contributed by atoms with Gasteiger partial charge < -0.3 is 0 Å². The molecule has 0 aliphatic rings. The van der Waals surface area contributed by atoms with Gasteiger partial charge in [0.25, 0.3) is 0 Å². The summed E-state index contributed by atoms with van der Waals surface area (Å²) in [7, 11) is 0. The average Bonchev–Trinajstić information content (AvgIpc) is 2.26. The number of aryl methyl sites for hydroxylation is 1. The van der Waals surface area contributed by atoms with Crippen LogP contribution in [0.4, 0.5) is 8.78 Å². The smallest absolute Gasteiger partial charge is 0.145 e. The van der Waals surface area contributed by atoms with Crippen molar-refractivity contribution in [3.8, 4) is 0 Å². The summed E-state index contributed by atoms with van der Waals surface area (Å²) < 4.78 is 26.3. The summed E-state index contributed by atoms with van der Waals surface area (Å²) in [6, 6.07) is 2.66. The van der Waals surface area contributed by atoms with Gasteiger partial charge in [0.15, 0.2) is 0 Å². The molecule has 0 aromatic heterocycles. The van der Waals surface area contributed by atoms with Crippen LogP contribution in [-0.4, -0.2) is 0 Å². The maximum Gasteiger partial charge on any atom is 0.145 e. The molecule has 0 spiro atoms. The quantitative estimate of drug-likeness (QED) is 0.603. The largest absolute Gasteiger partial charge is 0.205 e. The highest BCUT2D eigenvalue weighted by Gasteiger charge is 2.09. The molecule has 0 radical (unpaired) electrons. The van der Waals surface area contributed by atoms with E-state index in [0.717, 1.165) is 12.8 Å². The number of benzene rings is 1. The summed E-state index contributed by atoms with van der Waals surface area (Å²) in [5, 5.41) is -0.409. The molecule has 0 N–H and O–H groups in total. The third-order valence-corrected chi connectivity index (χ3v) is 3.35. The molecule has 0 aliphatic carbocycles. The van der Waals surface area contributed by atoms with Gasteiger partial charge in [-0.1, -0.05) is 44.7 Å². The van der Waals surface area contributed by atoms with Crippen molar-refractivity contribution in [2.45, 2.75) is 46.0 Å². The minimum Gasteiger partial charge on any atom is -0.205 e. The zero-order valence-electron chi connectivity index (χ0n) is 10.4. The van der Waals surface area contributed by atoms with Crippen molar-refractivity contribution in [2.24, 2.45) is 5.92 Å². The fourth-order valence-electron chi connectivity index (χ4n) is 2.04. The number of hydrogen-bond acceptors (Lipinski definition) is 0. The van der Waals surface area contributed by atoms with Crippen molar-refractivity contribution in [1.29, 1.82) is 0 Å². The van der Waals surface area contributed by atoms with Crippen LogP contribution in [0.15, 0.2) is 12.1 Å². The molecule has 0 amide bonds. The fourth-order valence-corrected chi connectivity index (χ4v) is 2.15. The monoisotopic (exact) mass is 260 g/mol. The van der Waals surface area contributed by atoms with E-state index in [9.17, 15) is 8.78 Å². The molecule has 3 heteroatoms. The van der Waals surface area contributed by atoms with E-state index < -0.39 is 16.7 Å². The minimum atomic E-state index is -0.664. The van der Waals surface area contributed by atoms with Gasteiger partial charge >= 0.3 is 0 Å². The Labute approximate surface area is 107 Å². The first kappa shape index (κ1) is 14.4. The molecule has 96 valence electrons. The average molecular weight is 261 g/mol. The molecule has 0 nitrogen and oxygen atoms in total. The Balaban J connectivity index is 2.47. The van der Waals surface area contributed by atoms with E-state index >= 15 is 0 Å². The van der Waals surface area contributed by atoms with Crippen LogP contribution in [-0.2, 0) is 6.42 Å². The summed E-state index contributed by atoms with van der Waals surface area (Å²) in [6.07, 6.45) is 5.16. The number of rotatable bonds is 6. The second-order valence-electron chi connectivity index (χ2n) is 4.66. The van der Waals surface area contributed by atoms with Crippen LogP contribution < -0.4 is 0 Å². The Hall–Kier alpha value is -0.630. The molecule has 0 fully saturated rings. The first-order valence-electron chi connectivity index (χ1n) is 6.18. The summed E-state index contributed by atoms with van der Waals surface area (Å²) in [5.41, 5.74) is 0.688. The van der Waals surface area contributed by atoms with E-state index in [2.05, 4.69) is 13.8 Å². The van der Waals surface area contributed by atoms with E-state index in [4.69, 9.17) is 11.6 Å². The Morgan fingerprint density at radius 1 is 1.18 bits per heavy atom. The Morgan fingerprint density at radius 3 is 2.29 bits per heavy atom. The number of hydrogen-bond donors (Lipinski definition) is 0. The predicted octanol–water partition coefficient (Wildman–Crippen LogP) is 5.38. The van der Waals surface area contributed by atoms with Gasteiger partial charge in [0.05, 0.1) is 0 Å². The fraction of sp³-hybridized carbons (Fsp3) is 0.571. The standard InChI is InChI=1S/C14H19ClF2/c1-3-5-10(2)6-4-7-11-8-12(16)14(15)13(17)9-11/h8-10H,3-7H2,1-2H3. The third kappa shape index (κ3) is 4.63. The SMILES string of the molecule is CCCC(C)CCCc1cc(F)c(Cl)c(F)c1. The molecule has 1 rings (SSSR count). The van der Waals surface area contributed by atoms with Gasteiger partial charge in [0.1, 0.15) is 16.7 Å². The minimum absolute atomic E-state index is 0.409. The van der Waals surface area contributed by atoms with E-state index in [1.54, 1.807) is 0 Å². The van der Waals surface area contributed by atoms with E-state index in [-0.39, 0.29) is 0 Å². The highest BCUT2D eigenvalue weighted by atomic mass is 35.5. The van der Waals surface area contributed by atoms with E-state index in [0.29, 0.717) is 17.9 Å². The second kappa shape index (κ2) is 6.95. The predicted molar refractivity (Wildman–Crippen MR) is 68.4 cm³/mol. The third-order valence-electron chi connectivity index (χ3n) is 2.99. The van der Waals surface area contributed by atoms with Crippen LogP contribution in [0.5, 0.6) is 0 Å². The van der Waals surface area contributed by atoms with Gasteiger partial charge in [-0.3, -0.25) is 0 Å². The number of halogens is 3. The Kier molecular flexibility index (Phi) is 5.90. The lowest BCUT2D eigenvalue weighted by Gasteiger charge is -2.09. The van der Waals surface area contributed by atoms with Gasteiger partial charge in [0.2, 0.25) is 0 Å². The zero-order chi connectivity index (χ0) is 12.8. The lowest BCUT2D eigenvalue weighted by molar-refractivity contribution is 0.469. The van der Waals surface area contributed by atoms with Gasteiger partial charge in [-0.25, -0.2) is 8.78 Å². The maximum atomic E-state index is 13.2. The zero-order valence-corrected chi connectivity index (χ0v) is 11.2. The van der Waals surface area contributed by atoms with Crippen molar-refractivity contribution in [3.63, 3.8) is 0 Å². The highest BCUT2D eigenvalue weighted by Crippen LogP contribution is 2.22. The molecule has 1 aromatic carbocycles. The first-order chi connectivity index (χ1) is 8.04. The van der Waals surface area contributed by atoms with Crippen LogP contribution in [0.3, 0.4) is 0 Å². The van der Waals surface area contributed by atoms with Crippen molar-refractivity contribution < 1.29 is 8.78 Å².